The minimum absolute atomic E-state index is 0.103. The van der Waals surface area contributed by atoms with Crippen LogP contribution < -0.4 is 10.6 Å². The molecule has 1 amide bonds. The van der Waals surface area contributed by atoms with Crippen molar-refractivity contribution < 1.29 is 14.7 Å². The van der Waals surface area contributed by atoms with Gasteiger partial charge in [-0.1, -0.05) is 18.6 Å². The first kappa shape index (κ1) is 18.7. The number of anilines is 1. The molecule has 0 aromatic heterocycles. The van der Waals surface area contributed by atoms with Crippen LogP contribution in [-0.2, 0) is 9.59 Å². The van der Waals surface area contributed by atoms with E-state index in [1.165, 1.54) is 6.20 Å². The maximum absolute atomic E-state index is 11.9. The summed E-state index contributed by atoms with van der Waals surface area (Å²) in [5, 5.41) is 31.9. The molecule has 0 heterocycles. The van der Waals surface area contributed by atoms with Crippen molar-refractivity contribution in [3.63, 3.8) is 0 Å². The molecule has 0 unspecified atom stereocenters. The first-order valence-electron chi connectivity index (χ1n) is 7.44. The van der Waals surface area contributed by atoms with Crippen LogP contribution in [0.3, 0.4) is 0 Å². The molecule has 0 bridgehead atoms. The van der Waals surface area contributed by atoms with Gasteiger partial charge in [0, 0.05) is 19.2 Å². The number of para-hydroxylation sites is 1. The maximum Gasteiger partial charge on any atom is 0.303 e. The average molecular weight is 326 g/mol. The predicted octanol–water partition coefficient (Wildman–Crippen LogP) is 2.14. The SMILES string of the molecule is N#C/C(=C/Nc1ccccc1C#N)C(=O)NCCCCCC(=O)O. The summed E-state index contributed by atoms with van der Waals surface area (Å²) >= 11 is 0. The minimum atomic E-state index is -0.836. The molecule has 124 valence electrons. The van der Waals surface area contributed by atoms with Crippen LogP contribution >= 0.6 is 0 Å². The summed E-state index contributed by atoms with van der Waals surface area (Å²) < 4.78 is 0. The fourth-order valence-corrected chi connectivity index (χ4v) is 1.88. The molecule has 7 heteroatoms. The Balaban J connectivity index is 2.47. The van der Waals surface area contributed by atoms with Crippen molar-refractivity contribution in [2.45, 2.75) is 25.7 Å². The van der Waals surface area contributed by atoms with Crippen molar-refractivity contribution in [2.24, 2.45) is 0 Å². The zero-order valence-electron chi connectivity index (χ0n) is 13.1. The number of carbonyl (C=O) groups is 2. The fraction of sp³-hybridized carbons (Fsp3) is 0.294. The molecule has 1 rings (SSSR count). The predicted molar refractivity (Wildman–Crippen MR) is 87.6 cm³/mol. The molecule has 3 N–H and O–H groups in total. The number of rotatable bonds is 9. The molecule has 0 aliphatic heterocycles. The summed E-state index contributed by atoms with van der Waals surface area (Å²) in [6.07, 6.45) is 3.25. The van der Waals surface area contributed by atoms with E-state index in [2.05, 4.69) is 10.6 Å². The van der Waals surface area contributed by atoms with Crippen LogP contribution in [-0.4, -0.2) is 23.5 Å². The third-order valence-electron chi connectivity index (χ3n) is 3.14. The van der Waals surface area contributed by atoms with E-state index in [0.717, 1.165) is 0 Å². The van der Waals surface area contributed by atoms with E-state index in [9.17, 15) is 9.59 Å². The Morgan fingerprint density at radius 1 is 1.17 bits per heavy atom. The molecule has 0 aliphatic rings. The average Bonchev–Trinajstić information content (AvgIpc) is 2.58. The smallest absolute Gasteiger partial charge is 0.303 e. The molecular formula is C17H18N4O3. The summed E-state index contributed by atoms with van der Waals surface area (Å²) in [6.45, 7) is 0.367. The van der Waals surface area contributed by atoms with Gasteiger partial charge in [0.05, 0.1) is 11.3 Å². The van der Waals surface area contributed by atoms with Crippen LogP contribution in [0.25, 0.3) is 0 Å². The van der Waals surface area contributed by atoms with Crippen molar-refractivity contribution in [3.05, 3.63) is 41.6 Å². The summed E-state index contributed by atoms with van der Waals surface area (Å²) in [7, 11) is 0. The molecule has 0 saturated heterocycles. The number of hydrogen-bond acceptors (Lipinski definition) is 5. The van der Waals surface area contributed by atoms with Gasteiger partial charge in [0.2, 0.25) is 0 Å². The van der Waals surface area contributed by atoms with Crippen LogP contribution in [0.1, 0.15) is 31.2 Å². The number of hydrogen-bond donors (Lipinski definition) is 3. The number of nitrogens with one attached hydrogen (secondary N) is 2. The molecule has 1 aromatic rings. The lowest BCUT2D eigenvalue weighted by Crippen LogP contribution is -2.26. The standard InChI is InChI=1S/C17H18N4O3/c18-10-13-6-3-4-7-15(13)21-12-14(11-19)17(24)20-9-5-1-2-8-16(22)23/h3-4,6-7,12,21H,1-2,5,8-9H2,(H,20,24)(H,22,23)/b14-12-. The number of amides is 1. The zero-order chi connectivity index (χ0) is 17.8. The monoisotopic (exact) mass is 326 g/mol. The summed E-state index contributed by atoms with van der Waals surface area (Å²) in [4.78, 5) is 22.3. The van der Waals surface area contributed by atoms with Gasteiger partial charge in [0.15, 0.2) is 0 Å². The van der Waals surface area contributed by atoms with Gasteiger partial charge in [-0.15, -0.1) is 0 Å². The van der Waals surface area contributed by atoms with Crippen molar-refractivity contribution in [1.82, 2.24) is 5.32 Å². The molecule has 0 aliphatic carbocycles. The topological polar surface area (TPSA) is 126 Å². The number of unbranched alkanes of at least 4 members (excludes halogenated alkanes) is 2. The molecule has 0 atom stereocenters. The van der Waals surface area contributed by atoms with Crippen LogP contribution in [0.5, 0.6) is 0 Å². The van der Waals surface area contributed by atoms with Crippen molar-refractivity contribution in [1.29, 1.82) is 10.5 Å². The number of nitriles is 2. The third kappa shape index (κ3) is 6.63. The van der Waals surface area contributed by atoms with Crippen LogP contribution in [0.15, 0.2) is 36.0 Å². The Morgan fingerprint density at radius 2 is 1.92 bits per heavy atom. The number of aliphatic carboxylic acids is 1. The summed E-state index contributed by atoms with van der Waals surface area (Å²) in [5.74, 6) is -1.35. The quantitative estimate of drug-likeness (QED) is 0.362. The van der Waals surface area contributed by atoms with Crippen LogP contribution in [0.2, 0.25) is 0 Å². The van der Waals surface area contributed by atoms with Gasteiger partial charge in [-0.2, -0.15) is 10.5 Å². The molecule has 0 fully saturated rings. The van der Waals surface area contributed by atoms with Crippen molar-refractivity contribution >= 4 is 17.6 Å². The Bertz CT molecular complexity index is 699. The second-order valence-corrected chi connectivity index (χ2v) is 4.93. The van der Waals surface area contributed by atoms with Gasteiger partial charge in [0.1, 0.15) is 17.7 Å². The zero-order valence-corrected chi connectivity index (χ0v) is 13.1. The molecule has 0 saturated carbocycles. The molecule has 0 spiro atoms. The highest BCUT2D eigenvalue weighted by Crippen LogP contribution is 2.13. The van der Waals surface area contributed by atoms with Crippen LogP contribution in [0.4, 0.5) is 5.69 Å². The number of benzene rings is 1. The van der Waals surface area contributed by atoms with Crippen molar-refractivity contribution in [3.8, 4) is 12.1 Å². The van der Waals surface area contributed by atoms with E-state index in [1.807, 2.05) is 6.07 Å². The van der Waals surface area contributed by atoms with Crippen molar-refractivity contribution in [2.75, 3.05) is 11.9 Å². The number of carbonyl (C=O) groups excluding carboxylic acids is 1. The van der Waals surface area contributed by atoms with E-state index in [0.29, 0.717) is 37.1 Å². The molecule has 24 heavy (non-hydrogen) atoms. The first-order chi connectivity index (χ1) is 11.6. The second kappa shape index (κ2) is 10.4. The van der Waals surface area contributed by atoms with Crippen LogP contribution in [0, 0.1) is 22.7 Å². The first-order valence-corrected chi connectivity index (χ1v) is 7.44. The number of carboxylic acids is 1. The Hall–Kier alpha value is -3.32. The van der Waals surface area contributed by atoms with E-state index in [4.69, 9.17) is 15.6 Å². The highest BCUT2D eigenvalue weighted by atomic mass is 16.4. The molecule has 7 nitrogen and oxygen atoms in total. The lowest BCUT2D eigenvalue weighted by Gasteiger charge is -2.06. The van der Waals surface area contributed by atoms with Gasteiger partial charge in [-0.25, -0.2) is 0 Å². The van der Waals surface area contributed by atoms with Gasteiger partial charge >= 0.3 is 5.97 Å². The Kier molecular flexibility index (Phi) is 8.13. The highest BCUT2D eigenvalue weighted by molar-refractivity contribution is 5.97. The normalized spacial score (nSPS) is 10.3. The van der Waals surface area contributed by atoms with E-state index < -0.39 is 11.9 Å². The number of nitrogens with zero attached hydrogens (tertiary/aromatic N) is 2. The van der Waals surface area contributed by atoms with E-state index >= 15 is 0 Å². The Morgan fingerprint density at radius 3 is 2.58 bits per heavy atom. The Labute approximate surface area is 140 Å². The molecule has 1 aromatic carbocycles. The van der Waals surface area contributed by atoms with E-state index in [-0.39, 0.29) is 12.0 Å². The largest absolute Gasteiger partial charge is 0.481 e. The van der Waals surface area contributed by atoms with E-state index in [1.54, 1.807) is 30.3 Å². The van der Waals surface area contributed by atoms with Gasteiger partial charge in [-0.05, 0) is 25.0 Å². The maximum atomic E-state index is 11.9. The molecular weight excluding hydrogens is 308 g/mol. The highest BCUT2D eigenvalue weighted by Gasteiger charge is 2.08. The van der Waals surface area contributed by atoms with Gasteiger partial charge in [-0.3, -0.25) is 9.59 Å². The second-order valence-electron chi connectivity index (χ2n) is 4.93. The minimum Gasteiger partial charge on any atom is -0.481 e. The van der Waals surface area contributed by atoms with Gasteiger partial charge < -0.3 is 15.7 Å². The fourth-order valence-electron chi connectivity index (χ4n) is 1.88. The van der Waals surface area contributed by atoms with Gasteiger partial charge in [0.25, 0.3) is 5.91 Å². The lowest BCUT2D eigenvalue weighted by molar-refractivity contribution is -0.137. The lowest BCUT2D eigenvalue weighted by atomic mass is 10.2. The molecule has 0 radical (unpaired) electrons. The summed E-state index contributed by atoms with van der Waals surface area (Å²) in [5.41, 5.74) is 0.812. The number of carboxylic acid groups (broad SMARTS) is 1. The summed E-state index contributed by atoms with van der Waals surface area (Å²) in [6, 6.07) is 10.6. The third-order valence-corrected chi connectivity index (χ3v) is 3.14.